The zero-order valence-electron chi connectivity index (χ0n) is 16.2. The largest absolute Gasteiger partial charge is 0.466 e. The normalized spacial score (nSPS) is 17.9. The summed E-state index contributed by atoms with van der Waals surface area (Å²) in [6.45, 7) is 13.2. The third-order valence-corrected chi connectivity index (χ3v) is 4.81. The third kappa shape index (κ3) is 6.67. The second-order valence-corrected chi connectivity index (χ2v) is 6.49. The maximum absolute atomic E-state index is 11.8. The molecule has 0 aromatic heterocycles. The van der Waals surface area contributed by atoms with Gasteiger partial charge in [0.05, 0.1) is 19.1 Å². The van der Waals surface area contributed by atoms with Gasteiger partial charge in [-0.15, -0.1) is 0 Å². The van der Waals surface area contributed by atoms with Crippen molar-refractivity contribution in [1.29, 1.82) is 0 Å². The second-order valence-electron chi connectivity index (χ2n) is 6.49. The van der Waals surface area contributed by atoms with E-state index in [9.17, 15) is 4.79 Å². The molecule has 0 radical (unpaired) electrons. The van der Waals surface area contributed by atoms with Crippen molar-refractivity contribution in [2.75, 3.05) is 46.4 Å². The molecule has 0 aliphatic carbocycles. The summed E-state index contributed by atoms with van der Waals surface area (Å²) >= 11 is 0. The number of esters is 1. The number of likely N-dealkylation sites (tertiary alicyclic amines) is 1. The Kier molecular flexibility index (Phi) is 9.76. The zero-order valence-corrected chi connectivity index (χ0v) is 16.2. The van der Waals surface area contributed by atoms with Gasteiger partial charge >= 0.3 is 5.97 Å². The van der Waals surface area contributed by atoms with Gasteiger partial charge < -0.3 is 19.9 Å². The molecule has 1 fully saturated rings. The van der Waals surface area contributed by atoms with Crippen LogP contribution in [0.25, 0.3) is 0 Å². The minimum Gasteiger partial charge on any atom is -0.466 e. The molecule has 0 spiro atoms. The van der Waals surface area contributed by atoms with Crippen LogP contribution in [-0.4, -0.2) is 74.1 Å². The number of guanidine groups is 1. The Morgan fingerprint density at radius 1 is 1.33 bits per heavy atom. The van der Waals surface area contributed by atoms with Gasteiger partial charge in [0.25, 0.3) is 0 Å². The first-order valence-electron chi connectivity index (χ1n) is 9.43. The van der Waals surface area contributed by atoms with Crippen molar-refractivity contribution in [2.24, 2.45) is 10.9 Å². The van der Waals surface area contributed by atoms with E-state index >= 15 is 0 Å². The first kappa shape index (κ1) is 20.7. The Bertz CT molecular complexity index is 392. The van der Waals surface area contributed by atoms with Crippen molar-refractivity contribution in [2.45, 2.75) is 53.0 Å². The topological polar surface area (TPSA) is 57.2 Å². The average Bonchev–Trinajstić information content (AvgIpc) is 2.60. The van der Waals surface area contributed by atoms with E-state index in [0.29, 0.717) is 12.6 Å². The van der Waals surface area contributed by atoms with E-state index in [1.807, 2.05) is 6.92 Å². The molecule has 1 N–H and O–H groups in total. The minimum atomic E-state index is -0.0470. The lowest BCUT2D eigenvalue weighted by Gasteiger charge is -2.33. The van der Waals surface area contributed by atoms with Gasteiger partial charge in [0.1, 0.15) is 0 Å². The van der Waals surface area contributed by atoms with Crippen LogP contribution < -0.4 is 5.32 Å². The molecule has 1 aliphatic heterocycles. The molecule has 6 nitrogen and oxygen atoms in total. The zero-order chi connectivity index (χ0) is 17.9. The Hall–Kier alpha value is -1.30. The molecule has 1 rings (SSSR count). The number of rotatable bonds is 8. The number of piperidine rings is 1. The van der Waals surface area contributed by atoms with Crippen LogP contribution in [-0.2, 0) is 9.53 Å². The summed E-state index contributed by atoms with van der Waals surface area (Å²) in [6, 6.07) is 0.586. The fourth-order valence-electron chi connectivity index (χ4n) is 2.86. The summed E-state index contributed by atoms with van der Waals surface area (Å²) in [6.07, 6.45) is 2.84. The Morgan fingerprint density at radius 2 is 2.00 bits per heavy atom. The lowest BCUT2D eigenvalue weighted by atomic mass is 9.97. The standard InChI is InChI=1S/C18H36N4O2/c1-6-15(4)21(5)14-11-20-18(19-7-2)22-12-9-16(10-13-22)17(23)24-8-3/h15-16H,6-14H2,1-5H3,(H,19,20). The van der Waals surface area contributed by atoms with Crippen molar-refractivity contribution < 1.29 is 9.53 Å². The van der Waals surface area contributed by atoms with E-state index in [0.717, 1.165) is 57.9 Å². The second kappa shape index (κ2) is 11.3. The molecule has 0 bridgehead atoms. The third-order valence-electron chi connectivity index (χ3n) is 4.81. The predicted octanol–water partition coefficient (Wildman–Crippen LogP) is 1.96. The maximum atomic E-state index is 11.8. The fraction of sp³-hybridized carbons (Fsp3) is 0.889. The van der Waals surface area contributed by atoms with Crippen LogP contribution in [0.1, 0.15) is 47.0 Å². The highest BCUT2D eigenvalue weighted by Gasteiger charge is 2.27. The van der Waals surface area contributed by atoms with E-state index in [1.54, 1.807) is 0 Å². The summed E-state index contributed by atoms with van der Waals surface area (Å²) in [7, 11) is 2.15. The molecule has 1 saturated heterocycles. The lowest BCUT2D eigenvalue weighted by Crippen LogP contribution is -2.47. The van der Waals surface area contributed by atoms with Crippen molar-refractivity contribution in [3.05, 3.63) is 0 Å². The van der Waals surface area contributed by atoms with E-state index in [-0.39, 0.29) is 11.9 Å². The highest BCUT2D eigenvalue weighted by atomic mass is 16.5. The monoisotopic (exact) mass is 340 g/mol. The molecule has 6 heteroatoms. The highest BCUT2D eigenvalue weighted by Crippen LogP contribution is 2.18. The Morgan fingerprint density at radius 3 is 2.54 bits per heavy atom. The van der Waals surface area contributed by atoms with Crippen molar-refractivity contribution in [1.82, 2.24) is 15.1 Å². The van der Waals surface area contributed by atoms with E-state index < -0.39 is 0 Å². The van der Waals surface area contributed by atoms with Crippen LogP contribution in [0, 0.1) is 5.92 Å². The van der Waals surface area contributed by atoms with E-state index in [1.165, 1.54) is 0 Å². The van der Waals surface area contributed by atoms with E-state index in [2.05, 4.69) is 42.9 Å². The molecule has 1 atom stereocenters. The Balaban J connectivity index is 2.50. The summed E-state index contributed by atoms with van der Waals surface area (Å²) < 4.78 is 5.14. The number of ether oxygens (including phenoxy) is 1. The summed E-state index contributed by atoms with van der Waals surface area (Å²) in [5.74, 6) is 0.965. The molecular weight excluding hydrogens is 304 g/mol. The number of likely N-dealkylation sites (N-methyl/N-ethyl adjacent to an activating group) is 1. The SMILES string of the molecule is CCNC(=NCCN(C)C(C)CC)N1CCC(C(=O)OCC)CC1. The first-order chi connectivity index (χ1) is 11.5. The number of hydrogen-bond acceptors (Lipinski definition) is 4. The van der Waals surface area contributed by atoms with Gasteiger partial charge in [0.2, 0.25) is 0 Å². The van der Waals surface area contributed by atoms with Gasteiger partial charge in [-0.25, -0.2) is 0 Å². The summed E-state index contributed by atoms with van der Waals surface area (Å²) in [5, 5.41) is 3.38. The maximum Gasteiger partial charge on any atom is 0.309 e. The predicted molar refractivity (Wildman–Crippen MR) is 99.3 cm³/mol. The van der Waals surface area contributed by atoms with Crippen molar-refractivity contribution >= 4 is 11.9 Å². The van der Waals surface area contributed by atoms with Crippen LogP contribution in [0.4, 0.5) is 0 Å². The van der Waals surface area contributed by atoms with Crippen LogP contribution >= 0.6 is 0 Å². The molecule has 0 aromatic carbocycles. The van der Waals surface area contributed by atoms with Crippen LogP contribution in [0.3, 0.4) is 0 Å². The average molecular weight is 341 g/mol. The van der Waals surface area contributed by atoms with Crippen LogP contribution in [0.5, 0.6) is 0 Å². The smallest absolute Gasteiger partial charge is 0.309 e. The van der Waals surface area contributed by atoms with Gasteiger partial charge in [-0.1, -0.05) is 6.92 Å². The molecule has 0 aromatic rings. The number of nitrogens with zero attached hydrogens (tertiary/aromatic N) is 3. The van der Waals surface area contributed by atoms with E-state index in [4.69, 9.17) is 9.73 Å². The van der Waals surface area contributed by atoms with Crippen LogP contribution in [0.15, 0.2) is 4.99 Å². The lowest BCUT2D eigenvalue weighted by molar-refractivity contribution is -0.149. The van der Waals surface area contributed by atoms with Gasteiger partial charge in [0, 0.05) is 32.2 Å². The van der Waals surface area contributed by atoms with Crippen molar-refractivity contribution in [3.63, 3.8) is 0 Å². The fourth-order valence-corrected chi connectivity index (χ4v) is 2.86. The van der Waals surface area contributed by atoms with Gasteiger partial charge in [-0.3, -0.25) is 9.79 Å². The van der Waals surface area contributed by atoms with Gasteiger partial charge in [-0.2, -0.15) is 0 Å². The van der Waals surface area contributed by atoms with Gasteiger partial charge in [-0.05, 0) is 47.1 Å². The molecule has 0 amide bonds. The molecular formula is C18H36N4O2. The number of hydrogen-bond donors (Lipinski definition) is 1. The molecule has 1 heterocycles. The molecule has 1 unspecified atom stereocenters. The highest BCUT2D eigenvalue weighted by molar-refractivity contribution is 5.80. The molecule has 0 saturated carbocycles. The first-order valence-corrected chi connectivity index (χ1v) is 9.43. The van der Waals surface area contributed by atoms with Gasteiger partial charge in [0.15, 0.2) is 5.96 Å². The number of nitrogens with one attached hydrogen (secondary N) is 1. The summed E-state index contributed by atoms with van der Waals surface area (Å²) in [5.41, 5.74) is 0. The Labute approximate surface area is 147 Å². The van der Waals surface area contributed by atoms with Crippen LogP contribution in [0.2, 0.25) is 0 Å². The minimum absolute atomic E-state index is 0.0422. The molecule has 1 aliphatic rings. The molecule has 140 valence electrons. The number of aliphatic imine (C=N–C) groups is 1. The summed E-state index contributed by atoms with van der Waals surface area (Å²) in [4.78, 5) is 21.2. The number of carbonyl (C=O) groups is 1. The quantitative estimate of drug-likeness (QED) is 0.416. The molecule has 24 heavy (non-hydrogen) atoms. The number of carbonyl (C=O) groups excluding carboxylic acids is 1. The van der Waals surface area contributed by atoms with Crippen molar-refractivity contribution in [3.8, 4) is 0 Å².